The van der Waals surface area contributed by atoms with E-state index in [9.17, 15) is 23.1 Å². The average molecular weight is 340 g/mol. The number of aliphatic hydroxyl groups excluding tert-OH is 2. The summed E-state index contributed by atoms with van der Waals surface area (Å²) in [7, 11) is 0. The first-order valence-corrected chi connectivity index (χ1v) is 7.95. The van der Waals surface area contributed by atoms with Crippen LogP contribution in [-0.2, 0) is 0 Å². The topological polar surface area (TPSA) is 72.8 Å². The summed E-state index contributed by atoms with van der Waals surface area (Å²) in [5, 5.41) is 21.1. The first-order valence-electron chi connectivity index (χ1n) is 7.95. The molecule has 5 nitrogen and oxygen atoms in total. The first kappa shape index (κ1) is 20.0. The Balaban J connectivity index is 2.28. The fraction of sp³-hybridized carbons (Fsp3) is 0.933. The number of nitrogens with zero attached hydrogens (tertiary/aromatic N) is 1. The second-order valence-electron chi connectivity index (χ2n) is 6.97. The molecular weight excluding hydrogens is 313 g/mol. The summed E-state index contributed by atoms with van der Waals surface area (Å²) in [6.45, 7) is 4.85. The van der Waals surface area contributed by atoms with E-state index in [0.717, 1.165) is 12.8 Å². The Morgan fingerprint density at radius 2 is 1.87 bits per heavy atom. The summed E-state index contributed by atoms with van der Waals surface area (Å²) >= 11 is 0. The first-order chi connectivity index (χ1) is 10.6. The molecule has 0 aromatic heterocycles. The van der Waals surface area contributed by atoms with Gasteiger partial charge in [0.2, 0.25) is 0 Å². The van der Waals surface area contributed by atoms with Gasteiger partial charge in [-0.2, -0.15) is 13.2 Å². The molecule has 1 aliphatic heterocycles. The van der Waals surface area contributed by atoms with Gasteiger partial charge in [0, 0.05) is 26.2 Å². The Morgan fingerprint density at radius 1 is 1.30 bits per heavy atom. The van der Waals surface area contributed by atoms with E-state index in [-0.39, 0.29) is 44.0 Å². The quantitative estimate of drug-likeness (QED) is 0.649. The van der Waals surface area contributed by atoms with Gasteiger partial charge in [0.05, 0.1) is 0 Å². The van der Waals surface area contributed by atoms with Crippen molar-refractivity contribution in [3.63, 3.8) is 0 Å². The van der Waals surface area contributed by atoms with E-state index in [2.05, 4.69) is 5.32 Å². The van der Waals surface area contributed by atoms with Crippen molar-refractivity contribution in [1.82, 2.24) is 10.2 Å². The lowest BCUT2D eigenvalue weighted by Crippen LogP contribution is -2.48. The molecule has 1 heterocycles. The average Bonchev–Trinajstić information content (AvgIpc) is 2.50. The van der Waals surface area contributed by atoms with Crippen LogP contribution in [0.1, 0.15) is 39.5 Å². The van der Waals surface area contributed by atoms with E-state index < -0.39 is 18.2 Å². The van der Waals surface area contributed by atoms with Crippen LogP contribution in [0.2, 0.25) is 0 Å². The molecule has 0 aliphatic carbocycles. The zero-order chi connectivity index (χ0) is 17.7. The summed E-state index contributed by atoms with van der Waals surface area (Å²) in [6, 6.07) is -0.285. The minimum atomic E-state index is -4.60. The fourth-order valence-corrected chi connectivity index (χ4v) is 2.64. The number of aliphatic hydroxyl groups is 2. The molecule has 0 bridgehead atoms. The monoisotopic (exact) mass is 340 g/mol. The number of hydrogen-bond donors (Lipinski definition) is 3. The predicted octanol–water partition coefficient (Wildman–Crippen LogP) is 2.13. The molecule has 0 radical (unpaired) electrons. The molecular formula is C15H27F3N2O3. The van der Waals surface area contributed by atoms with Gasteiger partial charge in [-0.25, -0.2) is 4.79 Å². The lowest BCUT2D eigenvalue weighted by atomic mass is 9.89. The van der Waals surface area contributed by atoms with Crippen molar-refractivity contribution < 1.29 is 28.2 Å². The van der Waals surface area contributed by atoms with Gasteiger partial charge in [0.1, 0.15) is 0 Å². The zero-order valence-electron chi connectivity index (χ0n) is 13.7. The highest BCUT2D eigenvalue weighted by Gasteiger charge is 2.44. The molecule has 0 saturated carbocycles. The van der Waals surface area contributed by atoms with Crippen LogP contribution in [0.25, 0.3) is 0 Å². The number of amides is 2. The molecule has 3 N–H and O–H groups in total. The zero-order valence-corrected chi connectivity index (χ0v) is 13.7. The minimum Gasteiger partial charge on any atom is -0.396 e. The van der Waals surface area contributed by atoms with Gasteiger partial charge in [-0.1, -0.05) is 13.8 Å². The molecule has 8 heteroatoms. The number of piperidine rings is 1. The minimum absolute atomic E-state index is 0.0794. The molecule has 136 valence electrons. The highest BCUT2D eigenvalue weighted by molar-refractivity contribution is 5.74. The van der Waals surface area contributed by atoms with Crippen molar-refractivity contribution >= 4 is 6.03 Å². The van der Waals surface area contributed by atoms with Crippen LogP contribution in [0.15, 0.2) is 0 Å². The van der Waals surface area contributed by atoms with Gasteiger partial charge < -0.3 is 20.4 Å². The van der Waals surface area contributed by atoms with Gasteiger partial charge >= 0.3 is 12.2 Å². The molecule has 1 rings (SSSR count). The van der Waals surface area contributed by atoms with Crippen molar-refractivity contribution in [2.75, 3.05) is 26.2 Å². The van der Waals surface area contributed by atoms with E-state index in [0.29, 0.717) is 6.54 Å². The van der Waals surface area contributed by atoms with E-state index >= 15 is 0 Å². The Hall–Kier alpha value is -1.02. The van der Waals surface area contributed by atoms with Gasteiger partial charge in [0.25, 0.3) is 0 Å². The van der Waals surface area contributed by atoms with Crippen molar-refractivity contribution in [3.8, 4) is 0 Å². The standard InChI is InChI=1S/C15H27F3N2O3/c1-14(2,10-21)6-3-7-19-13(23)20-8-4-11(5-9-20)12(22)15(16,17)18/h11-12,21-22H,3-10H2,1-2H3,(H,19,23). The third kappa shape index (κ3) is 6.55. The lowest BCUT2D eigenvalue weighted by Gasteiger charge is -2.34. The molecule has 2 amide bonds. The highest BCUT2D eigenvalue weighted by Crippen LogP contribution is 2.31. The van der Waals surface area contributed by atoms with Gasteiger partial charge in [-0.05, 0) is 37.0 Å². The van der Waals surface area contributed by atoms with Crippen LogP contribution in [0.3, 0.4) is 0 Å². The van der Waals surface area contributed by atoms with E-state index in [1.165, 1.54) is 4.90 Å². The normalized spacial score (nSPS) is 18.8. The molecule has 1 saturated heterocycles. The Morgan fingerprint density at radius 3 is 2.35 bits per heavy atom. The molecule has 1 atom stereocenters. The number of carbonyl (C=O) groups is 1. The SMILES string of the molecule is CC(C)(CO)CCCNC(=O)N1CCC(C(O)C(F)(F)F)CC1. The lowest BCUT2D eigenvalue weighted by molar-refractivity contribution is -0.222. The largest absolute Gasteiger partial charge is 0.414 e. The molecule has 1 unspecified atom stereocenters. The Kier molecular flexibility index (Phi) is 7.13. The van der Waals surface area contributed by atoms with Crippen molar-refractivity contribution in [3.05, 3.63) is 0 Å². The molecule has 1 aliphatic rings. The van der Waals surface area contributed by atoms with Crippen LogP contribution in [0.5, 0.6) is 0 Å². The van der Waals surface area contributed by atoms with Crippen LogP contribution in [0.4, 0.5) is 18.0 Å². The van der Waals surface area contributed by atoms with Crippen LogP contribution >= 0.6 is 0 Å². The van der Waals surface area contributed by atoms with Crippen molar-refractivity contribution in [2.24, 2.45) is 11.3 Å². The third-order valence-electron chi connectivity index (χ3n) is 4.34. The highest BCUT2D eigenvalue weighted by atomic mass is 19.4. The number of halogens is 3. The number of alkyl halides is 3. The van der Waals surface area contributed by atoms with Gasteiger partial charge in [-0.3, -0.25) is 0 Å². The second kappa shape index (κ2) is 8.19. The summed E-state index contributed by atoms with van der Waals surface area (Å²) < 4.78 is 37.4. The van der Waals surface area contributed by atoms with E-state index in [1.54, 1.807) is 0 Å². The number of rotatable bonds is 6. The maximum Gasteiger partial charge on any atom is 0.414 e. The van der Waals surface area contributed by atoms with Crippen LogP contribution < -0.4 is 5.32 Å². The maximum atomic E-state index is 12.5. The fourth-order valence-electron chi connectivity index (χ4n) is 2.64. The molecule has 1 fully saturated rings. The molecule has 0 aromatic rings. The van der Waals surface area contributed by atoms with Crippen LogP contribution in [-0.4, -0.2) is 59.7 Å². The Labute approximate surface area is 134 Å². The molecule has 0 spiro atoms. The Bertz CT molecular complexity index is 381. The number of hydrogen-bond acceptors (Lipinski definition) is 3. The summed E-state index contributed by atoms with van der Waals surface area (Å²) in [5.74, 6) is -0.843. The molecule has 0 aromatic carbocycles. The predicted molar refractivity (Wildman–Crippen MR) is 79.9 cm³/mol. The molecule has 23 heavy (non-hydrogen) atoms. The summed E-state index contributed by atoms with van der Waals surface area (Å²) in [5.41, 5.74) is -0.184. The number of carbonyl (C=O) groups excluding carboxylic acids is 1. The third-order valence-corrected chi connectivity index (χ3v) is 4.34. The van der Waals surface area contributed by atoms with Crippen LogP contribution in [0, 0.1) is 11.3 Å². The van der Waals surface area contributed by atoms with E-state index in [1.807, 2.05) is 13.8 Å². The number of urea groups is 1. The van der Waals surface area contributed by atoms with Gasteiger partial charge in [0.15, 0.2) is 6.10 Å². The number of nitrogens with one attached hydrogen (secondary N) is 1. The smallest absolute Gasteiger partial charge is 0.396 e. The summed E-state index contributed by atoms with van der Waals surface area (Å²) in [6.07, 6.45) is -5.13. The van der Waals surface area contributed by atoms with Gasteiger partial charge in [-0.15, -0.1) is 0 Å². The van der Waals surface area contributed by atoms with Crippen molar-refractivity contribution in [2.45, 2.75) is 51.8 Å². The van der Waals surface area contributed by atoms with Crippen molar-refractivity contribution in [1.29, 1.82) is 0 Å². The second-order valence-corrected chi connectivity index (χ2v) is 6.97. The number of likely N-dealkylation sites (tertiary alicyclic amines) is 1. The maximum absolute atomic E-state index is 12.5. The summed E-state index contributed by atoms with van der Waals surface area (Å²) in [4.78, 5) is 13.4. The van der Waals surface area contributed by atoms with E-state index in [4.69, 9.17) is 5.11 Å².